The largest absolute Gasteiger partial charge is 0.391 e. The molecule has 0 aromatic carbocycles. The predicted octanol–water partition coefficient (Wildman–Crippen LogP) is 0.686. The van der Waals surface area contributed by atoms with Crippen LogP contribution in [-0.4, -0.2) is 23.9 Å². The molecular formula is C7H13NO2. The number of nitriles is 1. The molecule has 0 heterocycles. The summed E-state index contributed by atoms with van der Waals surface area (Å²) in [5.41, 5.74) is 0. The summed E-state index contributed by atoms with van der Waals surface area (Å²) in [6.07, 6.45) is -0.185. The molecule has 3 nitrogen and oxygen atoms in total. The van der Waals surface area contributed by atoms with E-state index < -0.39 is 12.2 Å². The molecule has 0 spiro atoms. The average molecular weight is 143 g/mol. The van der Waals surface area contributed by atoms with Gasteiger partial charge < -0.3 is 9.84 Å². The number of aliphatic hydroxyl groups is 1. The Morgan fingerprint density at radius 3 is 2.70 bits per heavy atom. The lowest BCUT2D eigenvalue weighted by Crippen LogP contribution is -2.17. The first-order valence-electron chi connectivity index (χ1n) is 3.40. The van der Waals surface area contributed by atoms with Crippen LogP contribution in [0.25, 0.3) is 0 Å². The summed E-state index contributed by atoms with van der Waals surface area (Å²) in [5.74, 6) is 0. The summed E-state index contributed by atoms with van der Waals surface area (Å²) in [4.78, 5) is 0. The van der Waals surface area contributed by atoms with Gasteiger partial charge in [-0.15, -0.1) is 0 Å². The first-order valence-corrected chi connectivity index (χ1v) is 3.40. The van der Waals surface area contributed by atoms with Crippen LogP contribution in [0.15, 0.2) is 0 Å². The highest BCUT2D eigenvalue weighted by Gasteiger charge is 2.03. The van der Waals surface area contributed by atoms with Gasteiger partial charge in [-0.05, 0) is 13.3 Å². The van der Waals surface area contributed by atoms with Gasteiger partial charge in [0.2, 0.25) is 0 Å². The second kappa shape index (κ2) is 5.21. The molecular weight excluding hydrogens is 130 g/mol. The fourth-order valence-electron chi connectivity index (χ4n) is 0.411. The van der Waals surface area contributed by atoms with Crippen LogP contribution < -0.4 is 0 Å². The molecule has 3 heteroatoms. The molecule has 0 aliphatic heterocycles. The smallest absolute Gasteiger partial charge is 0.141 e. The van der Waals surface area contributed by atoms with Crippen molar-refractivity contribution in [1.82, 2.24) is 0 Å². The first-order chi connectivity index (χ1) is 4.70. The molecule has 0 aromatic rings. The van der Waals surface area contributed by atoms with Crippen molar-refractivity contribution < 1.29 is 9.84 Å². The Hall–Kier alpha value is -0.590. The first kappa shape index (κ1) is 9.41. The highest BCUT2D eigenvalue weighted by molar-refractivity contribution is 4.79. The molecule has 0 aliphatic rings. The fourth-order valence-corrected chi connectivity index (χ4v) is 0.411. The van der Waals surface area contributed by atoms with Gasteiger partial charge >= 0.3 is 0 Å². The van der Waals surface area contributed by atoms with Crippen molar-refractivity contribution in [1.29, 1.82) is 5.26 Å². The molecule has 1 N–H and O–H groups in total. The van der Waals surface area contributed by atoms with Gasteiger partial charge in [-0.1, -0.05) is 6.92 Å². The Labute approximate surface area is 61.2 Å². The molecule has 58 valence electrons. The average Bonchev–Trinajstić information content (AvgIpc) is 1.99. The molecule has 2 unspecified atom stereocenters. The topological polar surface area (TPSA) is 53.2 Å². The van der Waals surface area contributed by atoms with Crippen LogP contribution >= 0.6 is 0 Å². The van der Waals surface area contributed by atoms with E-state index in [2.05, 4.69) is 0 Å². The van der Waals surface area contributed by atoms with E-state index in [1.807, 2.05) is 13.0 Å². The quantitative estimate of drug-likeness (QED) is 0.629. The fraction of sp³-hybridized carbons (Fsp3) is 0.857. The summed E-state index contributed by atoms with van der Waals surface area (Å²) in [7, 11) is 0. The molecule has 0 rings (SSSR count). The normalized spacial score (nSPS) is 15.8. The van der Waals surface area contributed by atoms with Crippen molar-refractivity contribution in [2.45, 2.75) is 32.5 Å². The zero-order valence-electron chi connectivity index (χ0n) is 6.37. The molecule has 2 atom stereocenters. The molecule has 0 saturated carbocycles. The number of hydrogen-bond acceptors (Lipinski definition) is 3. The van der Waals surface area contributed by atoms with Crippen molar-refractivity contribution in [2.75, 3.05) is 6.61 Å². The van der Waals surface area contributed by atoms with Gasteiger partial charge in [0.25, 0.3) is 0 Å². The Morgan fingerprint density at radius 2 is 2.30 bits per heavy atom. The maximum absolute atomic E-state index is 8.97. The minimum Gasteiger partial charge on any atom is -0.391 e. The molecule has 0 fully saturated rings. The number of aliphatic hydroxyl groups excluding tert-OH is 1. The molecule has 0 aliphatic carbocycles. The van der Waals surface area contributed by atoms with E-state index in [1.165, 1.54) is 0 Å². The van der Waals surface area contributed by atoms with Crippen LogP contribution in [0.1, 0.15) is 20.3 Å². The van der Waals surface area contributed by atoms with Crippen molar-refractivity contribution in [2.24, 2.45) is 0 Å². The van der Waals surface area contributed by atoms with Crippen molar-refractivity contribution in [3.63, 3.8) is 0 Å². The molecule has 0 radical (unpaired) electrons. The van der Waals surface area contributed by atoms with E-state index in [9.17, 15) is 0 Å². The molecule has 0 saturated heterocycles. The second-order valence-corrected chi connectivity index (χ2v) is 2.17. The monoisotopic (exact) mass is 143 g/mol. The summed E-state index contributed by atoms with van der Waals surface area (Å²) in [6.45, 7) is 3.78. The van der Waals surface area contributed by atoms with E-state index in [0.717, 1.165) is 0 Å². The standard InChI is InChI=1S/C7H13NO2/c1-3-7(9)5-10-6(2)4-8/h6-7,9H,3,5H2,1-2H3. The minimum atomic E-state index is -0.434. The number of hydrogen-bond donors (Lipinski definition) is 1. The van der Waals surface area contributed by atoms with Gasteiger partial charge in [-0.25, -0.2) is 0 Å². The number of ether oxygens (including phenoxy) is 1. The van der Waals surface area contributed by atoms with E-state index in [1.54, 1.807) is 6.92 Å². The summed E-state index contributed by atoms with van der Waals surface area (Å²) >= 11 is 0. The zero-order valence-corrected chi connectivity index (χ0v) is 6.37. The lowest BCUT2D eigenvalue weighted by molar-refractivity contribution is 0.0177. The molecule has 0 amide bonds. The molecule has 0 aromatic heterocycles. The van der Waals surface area contributed by atoms with Crippen LogP contribution in [-0.2, 0) is 4.74 Å². The Balaban J connectivity index is 3.28. The van der Waals surface area contributed by atoms with Crippen LogP contribution in [0.4, 0.5) is 0 Å². The predicted molar refractivity (Wildman–Crippen MR) is 37.3 cm³/mol. The molecule has 0 bridgehead atoms. The van der Waals surface area contributed by atoms with Crippen LogP contribution in [0, 0.1) is 11.3 Å². The lowest BCUT2D eigenvalue weighted by Gasteiger charge is -2.08. The summed E-state index contributed by atoms with van der Waals surface area (Å²) in [5, 5.41) is 17.2. The maximum atomic E-state index is 8.97. The zero-order chi connectivity index (χ0) is 7.98. The highest BCUT2D eigenvalue weighted by atomic mass is 16.5. The lowest BCUT2D eigenvalue weighted by atomic mass is 10.3. The van der Waals surface area contributed by atoms with Crippen molar-refractivity contribution >= 4 is 0 Å². The van der Waals surface area contributed by atoms with Crippen LogP contribution in [0.5, 0.6) is 0 Å². The summed E-state index contributed by atoms with van der Waals surface area (Å²) < 4.78 is 4.93. The number of rotatable bonds is 4. The van der Waals surface area contributed by atoms with E-state index in [0.29, 0.717) is 6.42 Å². The van der Waals surface area contributed by atoms with Crippen molar-refractivity contribution in [3.05, 3.63) is 0 Å². The van der Waals surface area contributed by atoms with Gasteiger partial charge in [0.15, 0.2) is 0 Å². The third kappa shape index (κ3) is 4.30. The summed E-state index contributed by atoms with van der Waals surface area (Å²) in [6, 6.07) is 1.91. The Kier molecular flexibility index (Phi) is 4.91. The van der Waals surface area contributed by atoms with Crippen molar-refractivity contribution in [3.8, 4) is 6.07 Å². The maximum Gasteiger partial charge on any atom is 0.141 e. The molecule has 10 heavy (non-hydrogen) atoms. The van der Waals surface area contributed by atoms with E-state index in [-0.39, 0.29) is 6.61 Å². The number of nitrogens with zero attached hydrogens (tertiary/aromatic N) is 1. The van der Waals surface area contributed by atoms with Crippen LogP contribution in [0.3, 0.4) is 0 Å². The van der Waals surface area contributed by atoms with Gasteiger partial charge in [0.1, 0.15) is 6.10 Å². The highest BCUT2D eigenvalue weighted by Crippen LogP contribution is 1.94. The van der Waals surface area contributed by atoms with E-state index >= 15 is 0 Å². The minimum absolute atomic E-state index is 0.255. The SMILES string of the molecule is CCC(O)COC(C)C#N. The second-order valence-electron chi connectivity index (χ2n) is 2.17. The third-order valence-corrected chi connectivity index (χ3v) is 1.19. The van der Waals surface area contributed by atoms with Crippen LogP contribution in [0.2, 0.25) is 0 Å². The Bertz CT molecular complexity index is 119. The Morgan fingerprint density at radius 1 is 1.70 bits per heavy atom. The van der Waals surface area contributed by atoms with Gasteiger partial charge in [-0.3, -0.25) is 0 Å². The van der Waals surface area contributed by atoms with Gasteiger partial charge in [-0.2, -0.15) is 5.26 Å². The van der Waals surface area contributed by atoms with Gasteiger partial charge in [0, 0.05) is 0 Å². The van der Waals surface area contributed by atoms with E-state index in [4.69, 9.17) is 15.1 Å². The third-order valence-electron chi connectivity index (χ3n) is 1.19. The van der Waals surface area contributed by atoms with Gasteiger partial charge in [0.05, 0.1) is 18.8 Å².